The van der Waals surface area contributed by atoms with Crippen LogP contribution in [0.4, 0.5) is 0 Å². The minimum Gasteiger partial charge on any atom is -0.480 e. The molecule has 0 rings (SSSR count). The number of carboxylic acid groups (broad SMARTS) is 1. The van der Waals surface area contributed by atoms with Crippen molar-refractivity contribution in [1.29, 1.82) is 0 Å². The Morgan fingerprint density at radius 3 is 1.57 bits per heavy atom. The van der Waals surface area contributed by atoms with Crippen molar-refractivity contribution in [2.75, 3.05) is 88.9 Å². The summed E-state index contributed by atoms with van der Waals surface area (Å²) in [6.45, 7) is 7.32. The Bertz CT molecular complexity index is 754. The molecule has 0 heterocycles. The zero-order chi connectivity index (χ0) is 33.1. The highest BCUT2D eigenvalue weighted by Crippen LogP contribution is 2.17. The Kier molecular flexibility index (Phi) is 44.7. The molecule has 0 bridgehead atoms. The van der Waals surface area contributed by atoms with Crippen LogP contribution in [0.3, 0.4) is 0 Å². The van der Waals surface area contributed by atoms with Crippen LogP contribution >= 0.6 is 56.8 Å². The van der Waals surface area contributed by atoms with Gasteiger partial charge in [-0.3, -0.25) is 4.79 Å². The van der Waals surface area contributed by atoms with Gasteiger partial charge in [0.05, 0.1) is 13.2 Å². The number of hydrogen-bond donors (Lipinski definition) is 2. The highest BCUT2D eigenvalue weighted by atomic mass is 33.1. The zero-order valence-corrected chi connectivity index (χ0v) is 30.3. The lowest BCUT2D eigenvalue weighted by Crippen LogP contribution is -2.13. The van der Waals surface area contributed by atoms with Crippen molar-refractivity contribution in [2.24, 2.45) is 0 Å². The van der Waals surface area contributed by atoms with E-state index in [1.54, 1.807) is 35.4 Å². The Hall–Kier alpha value is -0.340. The summed E-state index contributed by atoms with van der Waals surface area (Å²) in [4.78, 5) is 41.9. The topological polar surface area (TPSA) is 169 Å². The van der Waals surface area contributed by atoms with E-state index in [4.69, 9.17) is 19.3 Å². The summed E-state index contributed by atoms with van der Waals surface area (Å²) in [6.07, 6.45) is 7.28. The van der Waals surface area contributed by atoms with Crippen LogP contribution < -0.4 is 0 Å². The Morgan fingerprint density at radius 2 is 1.21 bits per heavy atom. The van der Waals surface area contributed by atoms with Crippen molar-refractivity contribution < 1.29 is 56.4 Å². The van der Waals surface area contributed by atoms with Crippen LogP contribution in [0, 0.1) is 0 Å². The standard InChI is InChI=1S/C9H16O4S.C7H14O3S.C6H12O3S2.C2H6O2S2/c1-3-13-9(11)7-12-5-4-6-14-8(2)10;1-2-10-7(8)6-9-4-3-5-11;1-10-11-4-2-3-9-5-6(7)8;1-5-6(2,3)4/h3-7H2,1-2H3;11H,2-6H2,1H3;2-5H2,1H3,(H,7,8);1-2H3. The first-order chi connectivity index (χ1) is 19.8. The predicted octanol–water partition coefficient (Wildman–Crippen LogP) is 3.92. The number of thioether (sulfide) groups is 1. The van der Waals surface area contributed by atoms with Crippen LogP contribution in [-0.4, -0.2) is 125 Å². The van der Waals surface area contributed by atoms with Gasteiger partial charge in [0.25, 0.3) is 0 Å². The van der Waals surface area contributed by atoms with Gasteiger partial charge in [-0.2, -0.15) is 12.6 Å². The minimum atomic E-state index is -2.75. The lowest BCUT2D eigenvalue weighted by atomic mass is 10.5. The molecule has 252 valence electrons. The van der Waals surface area contributed by atoms with Gasteiger partial charge in [0.1, 0.15) is 19.8 Å². The van der Waals surface area contributed by atoms with Gasteiger partial charge in [0.15, 0.2) is 14.0 Å². The van der Waals surface area contributed by atoms with E-state index in [1.165, 1.54) is 31.2 Å². The number of carbonyl (C=O) groups excluding carboxylic acids is 3. The largest absolute Gasteiger partial charge is 0.480 e. The molecule has 0 fully saturated rings. The number of carboxylic acids is 1. The van der Waals surface area contributed by atoms with Crippen molar-refractivity contribution in [3.05, 3.63) is 0 Å². The van der Waals surface area contributed by atoms with Gasteiger partial charge >= 0.3 is 17.9 Å². The monoisotopic (exact) mass is 720 g/mol. The third-order valence-corrected chi connectivity index (χ3v) is 8.93. The summed E-state index contributed by atoms with van der Waals surface area (Å²) in [6, 6.07) is 0. The van der Waals surface area contributed by atoms with Crippen LogP contribution in [0.15, 0.2) is 0 Å². The third-order valence-electron chi connectivity index (χ3n) is 3.40. The van der Waals surface area contributed by atoms with E-state index in [0.717, 1.165) is 47.3 Å². The molecule has 0 atom stereocenters. The molecule has 12 nitrogen and oxygen atoms in total. The minimum absolute atomic E-state index is 0.00141. The molecule has 0 aromatic carbocycles. The average Bonchev–Trinajstić information content (AvgIpc) is 2.91. The zero-order valence-electron chi connectivity index (χ0n) is 25.3. The van der Waals surface area contributed by atoms with Crippen molar-refractivity contribution >= 4 is 88.7 Å². The smallest absolute Gasteiger partial charge is 0.332 e. The number of ether oxygens (including phenoxy) is 5. The van der Waals surface area contributed by atoms with Crippen LogP contribution in [-0.2, 0) is 51.7 Å². The molecule has 0 aliphatic carbocycles. The molecule has 0 aliphatic heterocycles. The fourth-order valence-electron chi connectivity index (χ4n) is 1.72. The molecule has 0 amide bonds. The van der Waals surface area contributed by atoms with Gasteiger partial charge in [0.2, 0.25) is 0 Å². The van der Waals surface area contributed by atoms with Crippen LogP contribution in [0.1, 0.15) is 40.0 Å². The van der Waals surface area contributed by atoms with Crippen molar-refractivity contribution in [3.8, 4) is 0 Å². The van der Waals surface area contributed by atoms with E-state index < -0.39 is 14.8 Å². The summed E-state index contributed by atoms with van der Waals surface area (Å²) in [5, 5.41) is 8.29. The normalized spacial score (nSPS) is 10.1. The SMILES string of the molecule is CCOC(=O)COCCCS.CCOC(=O)COCCCSC(C)=O.CSS(C)(=O)=O.CSSCCCOCC(=O)O. The predicted molar refractivity (Wildman–Crippen MR) is 179 cm³/mol. The molecule has 0 aromatic heterocycles. The highest BCUT2D eigenvalue weighted by molar-refractivity contribution is 8.76. The first-order valence-corrected chi connectivity index (χ1v) is 20.7. The fourth-order valence-corrected chi connectivity index (χ4v) is 3.66. The molecule has 0 spiro atoms. The van der Waals surface area contributed by atoms with E-state index in [-0.39, 0.29) is 36.9 Å². The van der Waals surface area contributed by atoms with Crippen molar-refractivity contribution in [2.45, 2.75) is 40.0 Å². The second-order valence-electron chi connectivity index (χ2n) is 7.15. The van der Waals surface area contributed by atoms with E-state index in [1.807, 2.05) is 6.26 Å². The van der Waals surface area contributed by atoms with Gasteiger partial charge in [-0.1, -0.05) is 33.3 Å². The Labute approximate surface area is 272 Å². The number of rotatable bonds is 21. The van der Waals surface area contributed by atoms with Crippen molar-refractivity contribution in [1.82, 2.24) is 0 Å². The first-order valence-electron chi connectivity index (χ1n) is 12.7. The molecular weight excluding hydrogens is 673 g/mol. The number of esters is 2. The van der Waals surface area contributed by atoms with Gasteiger partial charge < -0.3 is 28.8 Å². The van der Waals surface area contributed by atoms with Gasteiger partial charge in [-0.25, -0.2) is 22.8 Å². The molecule has 0 saturated heterocycles. The maximum absolute atomic E-state index is 10.8. The first kappa shape index (κ1) is 48.6. The van der Waals surface area contributed by atoms with Gasteiger partial charge in [-0.15, -0.1) is 0 Å². The molecule has 1 N–H and O–H groups in total. The number of carbonyl (C=O) groups is 4. The molecule has 0 saturated carbocycles. The molecular formula is C24H48O12S6. The fraction of sp³-hybridized carbons (Fsp3) is 0.833. The van der Waals surface area contributed by atoms with E-state index >= 15 is 0 Å². The number of thiol groups is 1. The lowest BCUT2D eigenvalue weighted by molar-refractivity contribution is -0.149. The van der Waals surface area contributed by atoms with Gasteiger partial charge in [0, 0.05) is 44.5 Å². The van der Waals surface area contributed by atoms with E-state index in [0.29, 0.717) is 33.0 Å². The third kappa shape index (κ3) is 59.1. The highest BCUT2D eigenvalue weighted by Gasteiger charge is 2.01. The molecule has 0 aromatic rings. The number of aliphatic carboxylic acids is 1. The molecule has 0 radical (unpaired) electrons. The lowest BCUT2D eigenvalue weighted by Gasteiger charge is -2.02. The molecule has 0 aliphatic rings. The average molecular weight is 721 g/mol. The van der Waals surface area contributed by atoms with Gasteiger partial charge in [-0.05, 0) is 62.2 Å². The Morgan fingerprint density at radius 1 is 0.786 bits per heavy atom. The quantitative estimate of drug-likeness (QED) is 0.0757. The maximum atomic E-state index is 10.8. The number of hydrogen-bond acceptors (Lipinski definition) is 16. The summed E-state index contributed by atoms with van der Waals surface area (Å²) in [5.41, 5.74) is 0. The van der Waals surface area contributed by atoms with E-state index in [9.17, 15) is 27.6 Å². The summed E-state index contributed by atoms with van der Waals surface area (Å²) >= 11 is 5.26. The summed E-state index contributed by atoms with van der Waals surface area (Å²) in [7, 11) is 1.58. The Balaban J connectivity index is -0.000000237. The second-order valence-corrected chi connectivity index (χ2v) is 16.1. The molecule has 42 heavy (non-hydrogen) atoms. The second kappa shape index (κ2) is 38.7. The van der Waals surface area contributed by atoms with Crippen LogP contribution in [0.25, 0.3) is 0 Å². The molecule has 18 heteroatoms. The summed E-state index contributed by atoms with van der Waals surface area (Å²) < 4.78 is 44.0. The summed E-state index contributed by atoms with van der Waals surface area (Å²) in [5.74, 6) is 0.989. The molecule has 0 unspecified atom stereocenters. The van der Waals surface area contributed by atoms with E-state index in [2.05, 4.69) is 22.1 Å². The van der Waals surface area contributed by atoms with Crippen LogP contribution in [0.2, 0.25) is 0 Å². The van der Waals surface area contributed by atoms with Crippen LogP contribution in [0.5, 0.6) is 0 Å². The van der Waals surface area contributed by atoms with Crippen molar-refractivity contribution in [3.63, 3.8) is 0 Å². The maximum Gasteiger partial charge on any atom is 0.332 e.